The Balaban J connectivity index is 1.50. The second-order valence-corrected chi connectivity index (χ2v) is 9.98. The smallest absolute Gasteiger partial charge is 0.344 e. The fraction of sp³-hybridized carbons (Fsp3) is 0.348. The summed E-state index contributed by atoms with van der Waals surface area (Å²) in [5.41, 5.74) is 2.45. The lowest BCUT2D eigenvalue weighted by atomic mass is 10.1. The Morgan fingerprint density at radius 2 is 2.00 bits per heavy atom. The summed E-state index contributed by atoms with van der Waals surface area (Å²) in [5.74, 6) is 1.46. The van der Waals surface area contributed by atoms with Gasteiger partial charge in [-0.15, -0.1) is 23.1 Å². The van der Waals surface area contributed by atoms with Crippen LogP contribution in [-0.2, 0) is 16.0 Å². The van der Waals surface area contributed by atoms with Gasteiger partial charge in [-0.3, -0.25) is 0 Å². The summed E-state index contributed by atoms with van der Waals surface area (Å²) in [5, 5.41) is 1.37. The number of hydrogen-bond acceptors (Lipinski definition) is 5. The monoisotopic (exact) mass is 492 g/mol. The van der Waals surface area contributed by atoms with Crippen LogP contribution in [0.3, 0.4) is 0 Å². The number of ether oxygens (including phenoxy) is 2. The van der Waals surface area contributed by atoms with E-state index in [4.69, 9.17) is 9.47 Å². The zero-order valence-electron chi connectivity index (χ0n) is 16.9. The topological polar surface area (TPSA) is 35.5 Å². The molecule has 0 spiro atoms. The van der Waals surface area contributed by atoms with Crippen LogP contribution in [0.5, 0.6) is 5.75 Å². The Morgan fingerprint density at radius 3 is 2.76 bits per heavy atom. The summed E-state index contributed by atoms with van der Waals surface area (Å²) >= 11 is 7.33. The molecule has 0 N–H and O–H groups in total. The number of aryl methyl sites for hydroxylation is 3. The first-order valence-corrected chi connectivity index (χ1v) is 12.3. The van der Waals surface area contributed by atoms with Crippen molar-refractivity contribution in [3.63, 3.8) is 0 Å². The maximum atomic E-state index is 11.4. The lowest BCUT2D eigenvalue weighted by molar-refractivity contribution is -0.145. The molecule has 3 aromatic rings. The minimum Gasteiger partial charge on any atom is -0.482 e. The molecule has 0 aliphatic carbocycles. The molecule has 2 aromatic carbocycles. The molecule has 0 atom stereocenters. The van der Waals surface area contributed by atoms with E-state index in [2.05, 4.69) is 53.2 Å². The molecule has 0 radical (unpaired) electrons. The molecule has 0 aliphatic rings. The summed E-state index contributed by atoms with van der Waals surface area (Å²) in [4.78, 5) is 14.1. The van der Waals surface area contributed by atoms with Crippen molar-refractivity contribution in [1.82, 2.24) is 0 Å². The Labute approximate surface area is 188 Å². The molecule has 1 aromatic heterocycles. The Kier molecular flexibility index (Phi) is 8.04. The van der Waals surface area contributed by atoms with Gasteiger partial charge in [0.15, 0.2) is 6.61 Å². The number of carbonyl (C=O) groups excluding carboxylic acids is 1. The van der Waals surface area contributed by atoms with Gasteiger partial charge in [-0.1, -0.05) is 22.0 Å². The molecule has 0 saturated carbocycles. The van der Waals surface area contributed by atoms with Gasteiger partial charge in [0.25, 0.3) is 0 Å². The largest absolute Gasteiger partial charge is 0.482 e. The molecule has 154 valence electrons. The minimum atomic E-state index is -0.339. The van der Waals surface area contributed by atoms with Crippen LogP contribution in [0.25, 0.3) is 10.1 Å². The fourth-order valence-electron chi connectivity index (χ4n) is 3.12. The van der Waals surface area contributed by atoms with E-state index in [9.17, 15) is 4.79 Å². The van der Waals surface area contributed by atoms with Crippen LogP contribution < -0.4 is 4.74 Å². The highest BCUT2D eigenvalue weighted by atomic mass is 79.9. The van der Waals surface area contributed by atoms with Gasteiger partial charge in [-0.05, 0) is 86.2 Å². The summed E-state index contributed by atoms with van der Waals surface area (Å²) in [7, 11) is 0. The van der Waals surface area contributed by atoms with Crippen molar-refractivity contribution in [1.29, 1.82) is 0 Å². The zero-order chi connectivity index (χ0) is 20.8. The normalized spacial score (nSPS) is 11.0. The molecule has 0 unspecified atom stereocenters. The van der Waals surface area contributed by atoms with Crippen LogP contribution in [0, 0.1) is 13.8 Å². The zero-order valence-corrected chi connectivity index (χ0v) is 20.1. The van der Waals surface area contributed by atoms with Crippen LogP contribution in [0.15, 0.2) is 45.8 Å². The molecule has 1 heterocycles. The average Bonchev–Trinajstić information content (AvgIpc) is 2.99. The predicted octanol–water partition coefficient (Wildman–Crippen LogP) is 6.95. The summed E-state index contributed by atoms with van der Waals surface area (Å²) < 4.78 is 12.9. The predicted molar refractivity (Wildman–Crippen MR) is 127 cm³/mol. The highest BCUT2D eigenvalue weighted by Gasteiger charge is 2.09. The average molecular weight is 493 g/mol. The van der Waals surface area contributed by atoms with Crippen molar-refractivity contribution in [2.24, 2.45) is 0 Å². The number of esters is 1. The number of hydrogen-bond donors (Lipinski definition) is 0. The van der Waals surface area contributed by atoms with Crippen LogP contribution in [0.4, 0.5) is 0 Å². The third kappa shape index (κ3) is 6.00. The summed E-state index contributed by atoms with van der Waals surface area (Å²) in [6, 6.07) is 12.6. The van der Waals surface area contributed by atoms with E-state index in [0.29, 0.717) is 6.61 Å². The molecule has 29 heavy (non-hydrogen) atoms. The van der Waals surface area contributed by atoms with E-state index >= 15 is 0 Å². The van der Waals surface area contributed by atoms with Crippen LogP contribution in [0.1, 0.15) is 29.3 Å². The number of thioether (sulfide) groups is 1. The van der Waals surface area contributed by atoms with E-state index in [1.54, 1.807) is 6.92 Å². The van der Waals surface area contributed by atoms with E-state index in [1.165, 1.54) is 25.4 Å². The van der Waals surface area contributed by atoms with Crippen LogP contribution in [-0.4, -0.2) is 24.9 Å². The second kappa shape index (κ2) is 10.5. The van der Waals surface area contributed by atoms with Crippen molar-refractivity contribution in [3.8, 4) is 5.75 Å². The van der Waals surface area contributed by atoms with Gasteiger partial charge in [-0.2, -0.15) is 0 Å². The number of carbonyl (C=O) groups is 1. The second-order valence-electron chi connectivity index (χ2n) is 6.76. The van der Waals surface area contributed by atoms with Crippen LogP contribution in [0.2, 0.25) is 0 Å². The molecule has 0 bridgehead atoms. The third-order valence-electron chi connectivity index (χ3n) is 4.61. The minimum absolute atomic E-state index is 0.0493. The fourth-order valence-corrected chi connectivity index (χ4v) is 5.88. The van der Waals surface area contributed by atoms with Gasteiger partial charge < -0.3 is 9.47 Å². The molecule has 0 fully saturated rings. The third-order valence-corrected chi connectivity index (χ3v) is 7.50. The first-order valence-electron chi connectivity index (χ1n) is 9.67. The van der Waals surface area contributed by atoms with Crippen molar-refractivity contribution in [2.45, 2.75) is 38.5 Å². The highest BCUT2D eigenvalue weighted by molar-refractivity contribution is 9.10. The summed E-state index contributed by atoms with van der Waals surface area (Å²) in [6.45, 7) is 6.34. The first kappa shape index (κ1) is 22.2. The molecule has 3 nitrogen and oxygen atoms in total. The van der Waals surface area contributed by atoms with E-state index in [0.717, 1.165) is 34.4 Å². The van der Waals surface area contributed by atoms with E-state index in [-0.39, 0.29) is 12.6 Å². The Hall–Kier alpha value is -1.50. The molecule has 0 amide bonds. The van der Waals surface area contributed by atoms with Gasteiger partial charge in [0.2, 0.25) is 0 Å². The van der Waals surface area contributed by atoms with Crippen molar-refractivity contribution in [2.75, 3.05) is 19.0 Å². The molecular weight excluding hydrogens is 468 g/mol. The number of rotatable bonds is 9. The number of fused-ring (bicyclic) bond motifs is 1. The first-order chi connectivity index (χ1) is 14.0. The number of halogens is 1. The van der Waals surface area contributed by atoms with Gasteiger partial charge in [0.05, 0.1) is 6.61 Å². The van der Waals surface area contributed by atoms with Crippen LogP contribution >= 0.6 is 39.0 Å². The molecule has 3 rings (SSSR count). The van der Waals surface area contributed by atoms with Crippen molar-refractivity contribution in [3.05, 3.63) is 56.9 Å². The quantitative estimate of drug-likeness (QED) is 0.184. The Bertz CT molecular complexity index is 997. The van der Waals surface area contributed by atoms with Crippen molar-refractivity contribution >= 4 is 55.1 Å². The van der Waals surface area contributed by atoms with Crippen molar-refractivity contribution < 1.29 is 14.3 Å². The molecule has 6 heteroatoms. The SMILES string of the molecule is CCOC(=O)COc1ccc(SCCCc2sc3cc(Br)ccc3c2C)cc1C. The molecule has 0 saturated heterocycles. The van der Waals surface area contributed by atoms with Gasteiger partial charge in [0, 0.05) is 18.9 Å². The van der Waals surface area contributed by atoms with Gasteiger partial charge in [-0.25, -0.2) is 4.79 Å². The maximum Gasteiger partial charge on any atom is 0.344 e. The number of thiophene rings is 1. The Morgan fingerprint density at radius 1 is 1.17 bits per heavy atom. The molecule has 0 aliphatic heterocycles. The highest BCUT2D eigenvalue weighted by Crippen LogP contribution is 2.34. The van der Waals surface area contributed by atoms with Gasteiger partial charge >= 0.3 is 5.97 Å². The lowest BCUT2D eigenvalue weighted by Gasteiger charge is -2.10. The molecular formula is C23H25BrO3S2. The lowest BCUT2D eigenvalue weighted by Crippen LogP contribution is -2.14. The summed E-state index contributed by atoms with van der Waals surface area (Å²) in [6.07, 6.45) is 2.25. The standard InChI is InChI=1S/C23H25BrO3S2/c1-4-26-23(25)14-27-20-10-8-18(12-15(20)2)28-11-5-6-21-16(3)19-9-7-17(24)13-22(19)29-21/h7-10,12-13H,4-6,11,14H2,1-3H3. The van der Waals surface area contributed by atoms with E-state index < -0.39 is 0 Å². The maximum absolute atomic E-state index is 11.4. The van der Waals surface area contributed by atoms with Gasteiger partial charge in [0.1, 0.15) is 5.75 Å². The van der Waals surface area contributed by atoms with E-state index in [1.807, 2.05) is 36.1 Å². The number of benzene rings is 2.